The van der Waals surface area contributed by atoms with Crippen molar-refractivity contribution in [2.45, 2.75) is 4.90 Å². The van der Waals surface area contributed by atoms with Gasteiger partial charge in [0.25, 0.3) is 0 Å². The van der Waals surface area contributed by atoms with Crippen LogP contribution in [0.2, 0.25) is 0 Å². The van der Waals surface area contributed by atoms with Gasteiger partial charge >= 0.3 is 0 Å². The zero-order chi connectivity index (χ0) is 24.0. The largest absolute Gasteiger partial charge is 0.437 e. The molecule has 1 amide bonds. The summed E-state index contributed by atoms with van der Waals surface area (Å²) < 4.78 is 14.7. The number of aromatic nitrogens is 2. The molecule has 2 aromatic carbocycles. The number of carbonyl (C=O) groups excluding carboxylic acids is 1. The summed E-state index contributed by atoms with van der Waals surface area (Å²) in [6.07, 6.45) is 1.22. The van der Waals surface area contributed by atoms with Crippen molar-refractivity contribution in [3.05, 3.63) is 72.6 Å². The Morgan fingerprint density at radius 2 is 1.86 bits per heavy atom. The van der Waals surface area contributed by atoms with Crippen molar-refractivity contribution in [3.8, 4) is 11.6 Å². The highest BCUT2D eigenvalue weighted by molar-refractivity contribution is 7.97. The van der Waals surface area contributed by atoms with Gasteiger partial charge in [0.15, 0.2) is 0 Å². The SMILES string of the molecule is C=CC(=O)Nc1cccc(Oc2nc(Nc3ccc(SN4CCOCC4)cc3)nc3ccsc23)c1.O.O. The molecule has 0 spiro atoms. The predicted molar refractivity (Wildman–Crippen MR) is 148 cm³/mol. The zero-order valence-electron chi connectivity index (χ0n) is 19.8. The molecule has 194 valence electrons. The number of ether oxygens (including phenoxy) is 2. The van der Waals surface area contributed by atoms with Gasteiger partial charge in [-0.1, -0.05) is 12.6 Å². The molecule has 0 aliphatic carbocycles. The molecule has 0 saturated carbocycles. The molecular weight excluding hydrogens is 514 g/mol. The first-order chi connectivity index (χ1) is 17.2. The van der Waals surface area contributed by atoms with Crippen LogP contribution < -0.4 is 15.4 Å². The minimum Gasteiger partial charge on any atom is -0.437 e. The molecule has 1 aliphatic rings. The second kappa shape index (κ2) is 13.1. The van der Waals surface area contributed by atoms with E-state index in [-0.39, 0.29) is 16.9 Å². The lowest BCUT2D eigenvalue weighted by Gasteiger charge is -2.25. The van der Waals surface area contributed by atoms with Crippen LogP contribution in [0, 0.1) is 0 Å². The van der Waals surface area contributed by atoms with Crippen molar-refractivity contribution in [3.63, 3.8) is 0 Å². The number of morpholine rings is 1. The molecule has 0 radical (unpaired) electrons. The fraction of sp³-hybridized carbons (Fsp3) is 0.160. The number of carbonyl (C=O) groups is 1. The van der Waals surface area contributed by atoms with Crippen LogP contribution in [-0.4, -0.2) is 57.4 Å². The van der Waals surface area contributed by atoms with E-state index in [9.17, 15) is 4.79 Å². The van der Waals surface area contributed by atoms with E-state index in [1.54, 1.807) is 30.1 Å². The number of nitrogens with zero attached hydrogens (tertiary/aromatic N) is 3. The van der Waals surface area contributed by atoms with Crippen LogP contribution in [0.4, 0.5) is 17.3 Å². The fourth-order valence-electron chi connectivity index (χ4n) is 3.42. The first kappa shape index (κ1) is 28.1. The van der Waals surface area contributed by atoms with Gasteiger partial charge in [0, 0.05) is 35.4 Å². The minimum absolute atomic E-state index is 0. The number of hydrogen-bond donors (Lipinski definition) is 2. The van der Waals surface area contributed by atoms with E-state index < -0.39 is 0 Å². The molecule has 1 fully saturated rings. The van der Waals surface area contributed by atoms with Crippen LogP contribution in [0.15, 0.2) is 77.5 Å². The summed E-state index contributed by atoms with van der Waals surface area (Å²) in [5.74, 6) is 1.15. The molecule has 2 aromatic heterocycles. The molecule has 5 rings (SSSR count). The molecule has 1 aliphatic heterocycles. The molecule has 10 nitrogen and oxygen atoms in total. The molecule has 0 bridgehead atoms. The Bertz CT molecular complexity index is 1340. The molecular formula is C25H27N5O5S2. The van der Waals surface area contributed by atoms with Crippen LogP contribution >= 0.6 is 23.3 Å². The van der Waals surface area contributed by atoms with Crippen molar-refractivity contribution in [2.24, 2.45) is 0 Å². The number of thiophene rings is 1. The van der Waals surface area contributed by atoms with E-state index in [2.05, 4.69) is 43.6 Å². The minimum atomic E-state index is -0.286. The van der Waals surface area contributed by atoms with Crippen LogP contribution in [0.25, 0.3) is 10.2 Å². The molecule has 0 unspecified atom stereocenters. The van der Waals surface area contributed by atoms with Gasteiger partial charge in [-0.3, -0.25) is 4.79 Å². The van der Waals surface area contributed by atoms with Crippen molar-refractivity contribution < 1.29 is 25.2 Å². The predicted octanol–water partition coefficient (Wildman–Crippen LogP) is 4.04. The summed E-state index contributed by atoms with van der Waals surface area (Å²) in [5, 5.41) is 7.97. The second-order valence-corrected chi connectivity index (χ2v) is 9.68. The monoisotopic (exact) mass is 541 g/mol. The number of amides is 1. The number of hydrogen-bond acceptors (Lipinski definition) is 9. The Morgan fingerprint density at radius 1 is 1.08 bits per heavy atom. The summed E-state index contributed by atoms with van der Waals surface area (Å²) in [5.41, 5.74) is 2.28. The third-order valence-corrected chi connectivity index (χ3v) is 7.09. The lowest BCUT2D eigenvalue weighted by atomic mass is 10.3. The molecule has 12 heteroatoms. The van der Waals surface area contributed by atoms with E-state index >= 15 is 0 Å². The lowest BCUT2D eigenvalue weighted by Crippen LogP contribution is -2.30. The number of benzene rings is 2. The maximum Gasteiger partial charge on any atom is 0.247 e. The molecule has 6 N–H and O–H groups in total. The second-order valence-electron chi connectivity index (χ2n) is 7.59. The Hall–Kier alpha value is -3.52. The Labute approximate surface area is 222 Å². The van der Waals surface area contributed by atoms with Gasteiger partial charge in [0.2, 0.25) is 17.7 Å². The van der Waals surface area contributed by atoms with E-state index in [1.807, 2.05) is 29.6 Å². The van der Waals surface area contributed by atoms with Gasteiger partial charge < -0.3 is 31.1 Å². The summed E-state index contributed by atoms with van der Waals surface area (Å²) in [7, 11) is 0. The summed E-state index contributed by atoms with van der Waals surface area (Å²) in [4.78, 5) is 22.0. The molecule has 3 heterocycles. The van der Waals surface area contributed by atoms with Crippen molar-refractivity contribution >= 4 is 56.7 Å². The maximum atomic E-state index is 11.6. The first-order valence-electron chi connectivity index (χ1n) is 11.0. The van der Waals surface area contributed by atoms with E-state index in [4.69, 9.17) is 9.47 Å². The quantitative estimate of drug-likeness (QED) is 0.250. The summed E-state index contributed by atoms with van der Waals surface area (Å²) in [6, 6.07) is 17.2. The fourth-order valence-corrected chi connectivity index (χ4v) is 5.06. The highest BCUT2D eigenvalue weighted by Gasteiger charge is 2.14. The number of fused-ring (bicyclic) bond motifs is 1. The van der Waals surface area contributed by atoms with Crippen molar-refractivity contribution in [2.75, 3.05) is 36.9 Å². The third kappa shape index (κ3) is 7.26. The normalized spacial score (nSPS) is 13.2. The Balaban J connectivity index is 0.00000190. The van der Waals surface area contributed by atoms with Gasteiger partial charge in [-0.15, -0.1) is 11.3 Å². The zero-order valence-corrected chi connectivity index (χ0v) is 21.4. The van der Waals surface area contributed by atoms with Crippen LogP contribution in [0.5, 0.6) is 11.6 Å². The Kier molecular flexibility index (Phi) is 9.97. The van der Waals surface area contributed by atoms with E-state index in [0.29, 0.717) is 23.3 Å². The number of anilines is 3. The smallest absolute Gasteiger partial charge is 0.247 e. The van der Waals surface area contributed by atoms with Crippen LogP contribution in [-0.2, 0) is 9.53 Å². The molecule has 37 heavy (non-hydrogen) atoms. The Morgan fingerprint density at radius 3 is 2.62 bits per heavy atom. The number of rotatable bonds is 8. The standard InChI is InChI=1S/C25H23N5O3S2.2H2O/c1-2-22(31)26-18-4-3-5-19(16-18)33-24-23-21(10-15-34-23)28-25(29-24)27-17-6-8-20(9-7-17)35-30-11-13-32-14-12-30;;/h2-10,15-16H,1,11-14H2,(H,26,31)(H,27,28,29);2*1H2. The van der Waals surface area contributed by atoms with Gasteiger partial charge in [0.05, 0.1) is 18.7 Å². The first-order valence-corrected chi connectivity index (χ1v) is 12.7. The number of nitrogens with one attached hydrogen (secondary N) is 2. The summed E-state index contributed by atoms with van der Waals surface area (Å²) >= 11 is 3.24. The lowest BCUT2D eigenvalue weighted by molar-refractivity contribution is -0.111. The van der Waals surface area contributed by atoms with E-state index in [1.165, 1.54) is 22.3 Å². The topological polar surface area (TPSA) is 152 Å². The van der Waals surface area contributed by atoms with Gasteiger partial charge in [0.1, 0.15) is 10.4 Å². The highest BCUT2D eigenvalue weighted by atomic mass is 32.2. The van der Waals surface area contributed by atoms with Crippen molar-refractivity contribution in [1.29, 1.82) is 0 Å². The van der Waals surface area contributed by atoms with Gasteiger partial charge in [-0.05, 0) is 65.9 Å². The maximum absolute atomic E-state index is 11.6. The van der Waals surface area contributed by atoms with Crippen LogP contribution in [0.1, 0.15) is 0 Å². The highest BCUT2D eigenvalue weighted by Crippen LogP contribution is 2.34. The van der Waals surface area contributed by atoms with Crippen molar-refractivity contribution in [1.82, 2.24) is 14.3 Å². The van der Waals surface area contributed by atoms with Gasteiger partial charge in [-0.2, -0.15) is 4.98 Å². The van der Waals surface area contributed by atoms with Gasteiger partial charge in [-0.25, -0.2) is 9.29 Å². The third-order valence-electron chi connectivity index (χ3n) is 5.09. The van der Waals surface area contributed by atoms with Crippen LogP contribution in [0.3, 0.4) is 0 Å². The van der Waals surface area contributed by atoms with E-state index in [0.717, 1.165) is 42.2 Å². The molecule has 1 saturated heterocycles. The molecule has 4 aromatic rings. The average molecular weight is 542 g/mol. The molecule has 0 atom stereocenters. The summed E-state index contributed by atoms with van der Waals surface area (Å²) in [6.45, 7) is 6.86. The average Bonchev–Trinajstić information content (AvgIpc) is 3.35.